The summed E-state index contributed by atoms with van der Waals surface area (Å²) in [6, 6.07) is 4.27. The molecule has 0 radical (unpaired) electrons. The number of H-pyrrole nitrogens is 1. The lowest BCUT2D eigenvalue weighted by atomic mass is 10.2. The Balaban J connectivity index is 2.38. The Kier molecular flexibility index (Phi) is 3.23. The van der Waals surface area contributed by atoms with E-state index in [1.807, 2.05) is 0 Å². The van der Waals surface area contributed by atoms with Crippen molar-refractivity contribution in [3.05, 3.63) is 34.2 Å². The number of carbonyl (C=O) groups excluding carboxylic acids is 1. The first-order valence-electron chi connectivity index (χ1n) is 5.37. The SMILES string of the molecule is NC(=O)OCCn1c(=O)[nH]c2ccc(C(=O)O)cc21. The molecule has 0 spiro atoms. The maximum atomic E-state index is 11.7. The van der Waals surface area contributed by atoms with Crippen LogP contribution in [0, 0.1) is 0 Å². The van der Waals surface area contributed by atoms with Gasteiger partial charge in [-0.15, -0.1) is 0 Å². The van der Waals surface area contributed by atoms with Gasteiger partial charge in [-0.1, -0.05) is 0 Å². The van der Waals surface area contributed by atoms with Crippen LogP contribution >= 0.6 is 0 Å². The summed E-state index contributed by atoms with van der Waals surface area (Å²) in [5.74, 6) is -1.09. The zero-order valence-corrected chi connectivity index (χ0v) is 9.75. The van der Waals surface area contributed by atoms with Gasteiger partial charge in [-0.3, -0.25) is 4.57 Å². The number of carbonyl (C=O) groups is 2. The molecule has 100 valence electrons. The van der Waals surface area contributed by atoms with Crippen molar-refractivity contribution in [2.24, 2.45) is 5.73 Å². The molecule has 2 rings (SSSR count). The molecule has 1 aromatic carbocycles. The fourth-order valence-corrected chi connectivity index (χ4v) is 1.75. The Labute approximate surface area is 106 Å². The molecular formula is C11H11N3O5. The number of nitrogens with zero attached hydrogens (tertiary/aromatic N) is 1. The van der Waals surface area contributed by atoms with Crippen LogP contribution in [0.3, 0.4) is 0 Å². The molecular weight excluding hydrogens is 254 g/mol. The lowest BCUT2D eigenvalue weighted by molar-refractivity contribution is 0.0697. The molecule has 0 fully saturated rings. The number of aromatic amines is 1. The number of ether oxygens (including phenoxy) is 1. The number of benzene rings is 1. The summed E-state index contributed by atoms with van der Waals surface area (Å²) < 4.78 is 5.83. The highest BCUT2D eigenvalue weighted by atomic mass is 16.5. The lowest BCUT2D eigenvalue weighted by Gasteiger charge is -2.04. The molecule has 0 aliphatic heterocycles. The standard InChI is InChI=1S/C11H11N3O5/c12-10(17)19-4-3-14-8-5-6(9(15)16)1-2-7(8)13-11(14)18/h1-2,5H,3-4H2,(H2,12,17)(H,13,18)(H,15,16). The molecule has 1 heterocycles. The first-order chi connectivity index (χ1) is 8.99. The van der Waals surface area contributed by atoms with Crippen molar-refractivity contribution in [2.75, 3.05) is 6.61 Å². The van der Waals surface area contributed by atoms with Crippen LogP contribution in [0.15, 0.2) is 23.0 Å². The Hall–Kier alpha value is -2.77. The second kappa shape index (κ2) is 4.84. The quantitative estimate of drug-likeness (QED) is 0.723. The minimum absolute atomic E-state index is 0.0658. The van der Waals surface area contributed by atoms with Crippen LogP contribution in [-0.2, 0) is 11.3 Å². The van der Waals surface area contributed by atoms with Gasteiger partial charge in [0.15, 0.2) is 0 Å². The molecule has 0 atom stereocenters. The van der Waals surface area contributed by atoms with E-state index in [9.17, 15) is 14.4 Å². The predicted octanol–water partition coefficient (Wildman–Crippen LogP) is 0.123. The van der Waals surface area contributed by atoms with Gasteiger partial charge in [0.2, 0.25) is 0 Å². The third-order valence-corrected chi connectivity index (χ3v) is 2.58. The summed E-state index contributed by atoms with van der Waals surface area (Å²) in [6.45, 7) is 0.0182. The second-order valence-corrected chi connectivity index (χ2v) is 3.79. The largest absolute Gasteiger partial charge is 0.478 e. The van der Waals surface area contributed by atoms with Crippen molar-refractivity contribution >= 4 is 23.1 Å². The first kappa shape index (κ1) is 12.7. The number of rotatable bonds is 4. The van der Waals surface area contributed by atoms with Gasteiger partial charge in [0, 0.05) is 0 Å². The third-order valence-electron chi connectivity index (χ3n) is 2.58. The van der Waals surface area contributed by atoms with E-state index in [1.54, 1.807) is 0 Å². The van der Waals surface area contributed by atoms with E-state index in [2.05, 4.69) is 9.72 Å². The number of primary amides is 1. The van der Waals surface area contributed by atoms with Crippen molar-refractivity contribution in [1.29, 1.82) is 0 Å². The number of carboxylic acid groups (broad SMARTS) is 1. The minimum Gasteiger partial charge on any atom is -0.478 e. The highest BCUT2D eigenvalue weighted by Crippen LogP contribution is 2.13. The number of hydrogen-bond donors (Lipinski definition) is 3. The summed E-state index contributed by atoms with van der Waals surface area (Å²) in [4.78, 5) is 35.6. The molecule has 19 heavy (non-hydrogen) atoms. The third kappa shape index (κ3) is 2.57. The summed E-state index contributed by atoms with van der Waals surface area (Å²) in [7, 11) is 0. The van der Waals surface area contributed by atoms with Crippen molar-refractivity contribution in [2.45, 2.75) is 6.54 Å². The number of amides is 1. The molecule has 8 heteroatoms. The van der Waals surface area contributed by atoms with Crippen LogP contribution in [0.2, 0.25) is 0 Å². The first-order valence-corrected chi connectivity index (χ1v) is 5.37. The number of fused-ring (bicyclic) bond motifs is 1. The Morgan fingerprint density at radius 3 is 2.79 bits per heavy atom. The lowest BCUT2D eigenvalue weighted by Crippen LogP contribution is -2.22. The average molecular weight is 265 g/mol. The van der Waals surface area contributed by atoms with E-state index in [0.29, 0.717) is 11.0 Å². The number of nitrogens with two attached hydrogens (primary N) is 1. The van der Waals surface area contributed by atoms with Crippen LogP contribution in [0.25, 0.3) is 11.0 Å². The van der Waals surface area contributed by atoms with Crippen molar-refractivity contribution in [3.8, 4) is 0 Å². The van der Waals surface area contributed by atoms with Gasteiger partial charge in [0.1, 0.15) is 6.61 Å². The summed E-state index contributed by atoms with van der Waals surface area (Å²) in [5.41, 5.74) is 5.40. The van der Waals surface area contributed by atoms with Gasteiger partial charge in [-0.05, 0) is 18.2 Å². The average Bonchev–Trinajstić information content (AvgIpc) is 2.64. The highest BCUT2D eigenvalue weighted by Gasteiger charge is 2.10. The topological polar surface area (TPSA) is 127 Å². The smallest absolute Gasteiger partial charge is 0.404 e. The van der Waals surface area contributed by atoms with E-state index in [-0.39, 0.29) is 18.7 Å². The Bertz CT molecular complexity index is 700. The fraction of sp³-hybridized carbons (Fsp3) is 0.182. The van der Waals surface area contributed by atoms with E-state index in [1.165, 1.54) is 22.8 Å². The van der Waals surface area contributed by atoms with Gasteiger partial charge < -0.3 is 20.6 Å². The van der Waals surface area contributed by atoms with Gasteiger partial charge in [0.05, 0.1) is 23.1 Å². The Morgan fingerprint density at radius 1 is 1.42 bits per heavy atom. The highest BCUT2D eigenvalue weighted by molar-refractivity contribution is 5.92. The zero-order chi connectivity index (χ0) is 14.0. The molecule has 1 aromatic heterocycles. The van der Waals surface area contributed by atoms with E-state index < -0.39 is 17.8 Å². The van der Waals surface area contributed by atoms with Crippen LogP contribution < -0.4 is 11.4 Å². The van der Waals surface area contributed by atoms with Crippen LogP contribution in [0.5, 0.6) is 0 Å². The van der Waals surface area contributed by atoms with Crippen LogP contribution in [0.1, 0.15) is 10.4 Å². The number of imidazole rings is 1. The van der Waals surface area contributed by atoms with E-state index in [0.717, 1.165) is 0 Å². The maximum absolute atomic E-state index is 11.7. The van der Waals surface area contributed by atoms with E-state index >= 15 is 0 Å². The van der Waals surface area contributed by atoms with Crippen molar-refractivity contribution in [3.63, 3.8) is 0 Å². The number of hydrogen-bond acceptors (Lipinski definition) is 4. The molecule has 2 aromatic rings. The molecule has 4 N–H and O–H groups in total. The van der Waals surface area contributed by atoms with Gasteiger partial charge in [-0.25, -0.2) is 14.4 Å². The fourth-order valence-electron chi connectivity index (χ4n) is 1.75. The molecule has 8 nitrogen and oxygen atoms in total. The number of carboxylic acids is 1. The summed E-state index contributed by atoms with van der Waals surface area (Å²) in [6.07, 6.45) is -0.931. The van der Waals surface area contributed by atoms with Crippen molar-refractivity contribution < 1.29 is 19.4 Å². The van der Waals surface area contributed by atoms with Gasteiger partial charge >= 0.3 is 17.8 Å². The number of nitrogens with one attached hydrogen (secondary N) is 1. The van der Waals surface area contributed by atoms with Crippen LogP contribution in [0.4, 0.5) is 4.79 Å². The molecule has 0 unspecified atom stereocenters. The normalized spacial score (nSPS) is 10.5. The number of aromatic nitrogens is 2. The number of aromatic carboxylic acids is 1. The maximum Gasteiger partial charge on any atom is 0.404 e. The predicted molar refractivity (Wildman–Crippen MR) is 65.1 cm³/mol. The van der Waals surface area contributed by atoms with Crippen molar-refractivity contribution in [1.82, 2.24) is 9.55 Å². The minimum atomic E-state index is -1.09. The Morgan fingerprint density at radius 2 is 2.16 bits per heavy atom. The molecule has 0 saturated carbocycles. The molecule has 0 saturated heterocycles. The summed E-state index contributed by atoms with van der Waals surface area (Å²) >= 11 is 0. The zero-order valence-electron chi connectivity index (χ0n) is 9.75. The molecule has 0 aliphatic rings. The van der Waals surface area contributed by atoms with Gasteiger partial charge in [0.25, 0.3) is 0 Å². The van der Waals surface area contributed by atoms with Gasteiger partial charge in [-0.2, -0.15) is 0 Å². The van der Waals surface area contributed by atoms with E-state index in [4.69, 9.17) is 10.8 Å². The summed E-state index contributed by atoms with van der Waals surface area (Å²) in [5, 5.41) is 8.91. The second-order valence-electron chi connectivity index (χ2n) is 3.79. The molecule has 0 bridgehead atoms. The molecule has 0 aliphatic carbocycles. The molecule has 1 amide bonds. The van der Waals surface area contributed by atoms with Crippen LogP contribution in [-0.4, -0.2) is 33.3 Å². The monoisotopic (exact) mass is 265 g/mol.